The molecule has 3 heteroatoms. The molecule has 2 aliphatic rings. The van der Waals surface area contributed by atoms with Crippen molar-refractivity contribution < 1.29 is 4.79 Å². The third-order valence-electron chi connectivity index (χ3n) is 5.12. The van der Waals surface area contributed by atoms with Gasteiger partial charge in [-0.2, -0.15) is 0 Å². The molecule has 18 heavy (non-hydrogen) atoms. The van der Waals surface area contributed by atoms with E-state index in [-0.39, 0.29) is 5.41 Å². The first-order valence-electron chi connectivity index (χ1n) is 7.49. The lowest BCUT2D eigenvalue weighted by Crippen LogP contribution is -2.50. The standard InChI is InChI=1S/C15H28N2O/c1-11-4-6-15(10-16,7-5-11)14(18)17-9-12(2)8-13(17)3/h11-13H,4-10,16H2,1-3H3. The maximum Gasteiger partial charge on any atom is 0.230 e. The van der Waals surface area contributed by atoms with Gasteiger partial charge in [0, 0.05) is 19.1 Å². The molecule has 2 rings (SSSR count). The van der Waals surface area contributed by atoms with Crippen LogP contribution in [0.5, 0.6) is 0 Å². The second kappa shape index (κ2) is 5.20. The van der Waals surface area contributed by atoms with E-state index in [4.69, 9.17) is 5.73 Å². The molecule has 104 valence electrons. The quantitative estimate of drug-likeness (QED) is 0.820. The van der Waals surface area contributed by atoms with E-state index in [0.717, 1.165) is 44.6 Å². The molecule has 2 N–H and O–H groups in total. The van der Waals surface area contributed by atoms with Crippen LogP contribution >= 0.6 is 0 Å². The van der Waals surface area contributed by atoms with Crippen molar-refractivity contribution in [3.63, 3.8) is 0 Å². The van der Waals surface area contributed by atoms with Crippen LogP contribution in [-0.4, -0.2) is 29.9 Å². The predicted octanol–water partition coefficient (Wildman–Crippen LogP) is 2.40. The molecule has 0 aromatic carbocycles. The van der Waals surface area contributed by atoms with Crippen LogP contribution in [0.15, 0.2) is 0 Å². The molecule has 0 bridgehead atoms. The summed E-state index contributed by atoms with van der Waals surface area (Å²) in [6.07, 6.45) is 5.42. The number of carbonyl (C=O) groups is 1. The number of hydrogen-bond acceptors (Lipinski definition) is 2. The van der Waals surface area contributed by atoms with E-state index in [1.165, 1.54) is 0 Å². The lowest BCUT2D eigenvalue weighted by atomic mass is 9.70. The molecule has 0 aromatic rings. The van der Waals surface area contributed by atoms with Gasteiger partial charge >= 0.3 is 0 Å². The smallest absolute Gasteiger partial charge is 0.230 e. The zero-order valence-corrected chi connectivity index (χ0v) is 12.1. The van der Waals surface area contributed by atoms with Crippen LogP contribution in [0.4, 0.5) is 0 Å². The molecule has 2 fully saturated rings. The summed E-state index contributed by atoms with van der Waals surface area (Å²) < 4.78 is 0. The Hall–Kier alpha value is -0.570. The fraction of sp³-hybridized carbons (Fsp3) is 0.933. The summed E-state index contributed by atoms with van der Waals surface area (Å²) >= 11 is 0. The number of nitrogens with two attached hydrogens (primary N) is 1. The van der Waals surface area contributed by atoms with E-state index in [1.807, 2.05) is 0 Å². The molecule has 1 saturated heterocycles. The third kappa shape index (κ3) is 2.42. The van der Waals surface area contributed by atoms with E-state index >= 15 is 0 Å². The highest BCUT2D eigenvalue weighted by Crippen LogP contribution is 2.41. The summed E-state index contributed by atoms with van der Waals surface area (Å²) in [7, 11) is 0. The van der Waals surface area contributed by atoms with Crippen LogP contribution < -0.4 is 5.73 Å². The minimum Gasteiger partial charge on any atom is -0.339 e. The summed E-state index contributed by atoms with van der Waals surface area (Å²) in [4.78, 5) is 15.0. The molecule has 3 nitrogen and oxygen atoms in total. The van der Waals surface area contributed by atoms with Gasteiger partial charge in [-0.1, -0.05) is 13.8 Å². The van der Waals surface area contributed by atoms with Gasteiger partial charge in [0.05, 0.1) is 5.41 Å². The minimum atomic E-state index is -0.245. The summed E-state index contributed by atoms with van der Waals surface area (Å²) in [5.41, 5.74) is 5.74. The summed E-state index contributed by atoms with van der Waals surface area (Å²) in [6, 6.07) is 0.398. The molecule has 1 amide bonds. The van der Waals surface area contributed by atoms with Gasteiger partial charge in [-0.05, 0) is 50.9 Å². The molecule has 2 atom stereocenters. The van der Waals surface area contributed by atoms with Gasteiger partial charge in [0.1, 0.15) is 0 Å². The number of nitrogens with zero attached hydrogens (tertiary/aromatic N) is 1. The molecule has 1 heterocycles. The van der Waals surface area contributed by atoms with Gasteiger partial charge in [0.2, 0.25) is 5.91 Å². The van der Waals surface area contributed by atoms with Crippen LogP contribution in [-0.2, 0) is 4.79 Å². The van der Waals surface area contributed by atoms with Gasteiger partial charge in [-0.25, -0.2) is 0 Å². The maximum absolute atomic E-state index is 12.9. The fourth-order valence-electron chi connectivity index (χ4n) is 3.71. The molecule has 2 unspecified atom stereocenters. The largest absolute Gasteiger partial charge is 0.339 e. The van der Waals surface area contributed by atoms with E-state index < -0.39 is 0 Å². The fourth-order valence-corrected chi connectivity index (χ4v) is 3.71. The predicted molar refractivity (Wildman–Crippen MR) is 74.1 cm³/mol. The Bertz CT molecular complexity index is 308. The van der Waals surface area contributed by atoms with Crippen molar-refractivity contribution >= 4 is 5.91 Å². The van der Waals surface area contributed by atoms with Gasteiger partial charge in [-0.3, -0.25) is 4.79 Å². The number of carbonyl (C=O) groups excluding carboxylic acids is 1. The Morgan fingerprint density at radius 3 is 2.28 bits per heavy atom. The van der Waals surface area contributed by atoms with E-state index in [9.17, 15) is 4.79 Å². The van der Waals surface area contributed by atoms with Crippen molar-refractivity contribution in [3.8, 4) is 0 Å². The van der Waals surface area contributed by atoms with Gasteiger partial charge in [0.25, 0.3) is 0 Å². The average Bonchev–Trinajstić information content (AvgIpc) is 2.69. The normalized spacial score (nSPS) is 41.1. The first-order valence-corrected chi connectivity index (χ1v) is 7.49. The molecule has 1 aliphatic carbocycles. The molecule has 0 radical (unpaired) electrons. The first kappa shape index (κ1) is 13.9. The minimum absolute atomic E-state index is 0.245. The van der Waals surface area contributed by atoms with Crippen molar-refractivity contribution in [3.05, 3.63) is 0 Å². The number of rotatable bonds is 2. The topological polar surface area (TPSA) is 46.3 Å². The average molecular weight is 252 g/mol. The van der Waals surface area contributed by atoms with Crippen LogP contribution in [0.25, 0.3) is 0 Å². The van der Waals surface area contributed by atoms with Crippen molar-refractivity contribution in [2.24, 2.45) is 23.0 Å². The maximum atomic E-state index is 12.9. The highest BCUT2D eigenvalue weighted by atomic mass is 16.2. The van der Waals surface area contributed by atoms with Crippen LogP contribution in [0.3, 0.4) is 0 Å². The number of hydrogen-bond donors (Lipinski definition) is 1. The summed E-state index contributed by atoms with van der Waals surface area (Å²) in [6.45, 7) is 8.15. The molecule has 1 saturated carbocycles. The molecule has 0 aromatic heterocycles. The van der Waals surface area contributed by atoms with Crippen molar-refractivity contribution in [1.82, 2.24) is 4.90 Å². The van der Waals surface area contributed by atoms with Crippen LogP contribution in [0.2, 0.25) is 0 Å². The van der Waals surface area contributed by atoms with Crippen molar-refractivity contribution in [2.45, 2.75) is 58.9 Å². The summed E-state index contributed by atoms with van der Waals surface area (Å²) in [5, 5.41) is 0. The number of amides is 1. The zero-order valence-electron chi connectivity index (χ0n) is 12.1. The Morgan fingerprint density at radius 2 is 1.83 bits per heavy atom. The zero-order chi connectivity index (χ0) is 13.3. The SMILES string of the molecule is CC1CCC(CN)(C(=O)N2CC(C)CC2C)CC1. The second-order valence-corrected chi connectivity index (χ2v) is 6.81. The van der Waals surface area contributed by atoms with E-state index in [0.29, 0.717) is 24.4 Å². The van der Waals surface area contributed by atoms with Crippen molar-refractivity contribution in [2.75, 3.05) is 13.1 Å². The first-order chi connectivity index (χ1) is 8.48. The third-order valence-corrected chi connectivity index (χ3v) is 5.12. The highest BCUT2D eigenvalue weighted by molar-refractivity contribution is 5.83. The van der Waals surface area contributed by atoms with Crippen molar-refractivity contribution in [1.29, 1.82) is 0 Å². The molecule has 0 spiro atoms. The second-order valence-electron chi connectivity index (χ2n) is 6.81. The number of likely N-dealkylation sites (tertiary alicyclic amines) is 1. The molecular formula is C15H28N2O. The lowest BCUT2D eigenvalue weighted by molar-refractivity contribution is -0.144. The Balaban J connectivity index is 2.10. The lowest BCUT2D eigenvalue weighted by Gasteiger charge is -2.40. The Kier molecular flexibility index (Phi) is 4.00. The Morgan fingerprint density at radius 1 is 1.22 bits per heavy atom. The van der Waals surface area contributed by atoms with Crippen LogP contribution in [0, 0.1) is 17.3 Å². The van der Waals surface area contributed by atoms with E-state index in [2.05, 4.69) is 25.7 Å². The van der Waals surface area contributed by atoms with E-state index in [1.54, 1.807) is 0 Å². The van der Waals surface area contributed by atoms with Gasteiger partial charge in [-0.15, -0.1) is 0 Å². The van der Waals surface area contributed by atoms with Crippen LogP contribution in [0.1, 0.15) is 52.9 Å². The highest BCUT2D eigenvalue weighted by Gasteiger charge is 2.44. The molecular weight excluding hydrogens is 224 g/mol. The monoisotopic (exact) mass is 252 g/mol. The van der Waals surface area contributed by atoms with Gasteiger partial charge in [0.15, 0.2) is 0 Å². The van der Waals surface area contributed by atoms with Gasteiger partial charge < -0.3 is 10.6 Å². The summed E-state index contributed by atoms with van der Waals surface area (Å²) in [5.74, 6) is 1.74. The Labute approximate surface area is 111 Å². The molecule has 1 aliphatic heterocycles.